The molecule has 0 unspecified atom stereocenters. The first-order valence-electron chi connectivity index (χ1n) is 14.6. The summed E-state index contributed by atoms with van der Waals surface area (Å²) in [6.07, 6.45) is 1.94. The van der Waals surface area contributed by atoms with Crippen LogP contribution in [0.1, 0.15) is 45.2 Å². The SMILES string of the molecule is COC(=O)c1cc(CCCNC(=O)CO)n(-c2ccccc2)n1.COC(=O)c1nn(-c2ccccc2)c(CCCNC(=O)CO)c1F. The lowest BCUT2D eigenvalue weighted by Crippen LogP contribution is -2.27. The highest BCUT2D eigenvalue weighted by molar-refractivity contribution is 5.88. The minimum absolute atomic E-state index is 0.222. The summed E-state index contributed by atoms with van der Waals surface area (Å²) in [7, 11) is 2.47. The van der Waals surface area contributed by atoms with Gasteiger partial charge in [-0.2, -0.15) is 10.2 Å². The third-order valence-electron chi connectivity index (χ3n) is 6.61. The second kappa shape index (κ2) is 18.5. The number of carbonyl (C=O) groups excluding carboxylic acids is 4. The molecule has 0 aliphatic heterocycles. The van der Waals surface area contributed by atoms with Crippen molar-refractivity contribution in [1.29, 1.82) is 0 Å². The van der Waals surface area contributed by atoms with Gasteiger partial charge >= 0.3 is 11.9 Å². The number of methoxy groups -OCH3 is 2. The third kappa shape index (κ3) is 10.3. The van der Waals surface area contributed by atoms with Gasteiger partial charge in [-0.05, 0) is 56.0 Å². The van der Waals surface area contributed by atoms with E-state index in [-0.39, 0.29) is 30.0 Å². The zero-order valence-electron chi connectivity index (χ0n) is 26.0. The van der Waals surface area contributed by atoms with Gasteiger partial charge in [0.1, 0.15) is 13.2 Å². The average molecular weight is 653 g/mol. The number of para-hydroxylation sites is 2. The number of carbonyl (C=O) groups is 4. The molecular formula is C32H37FN6O8. The zero-order valence-corrected chi connectivity index (χ0v) is 26.0. The van der Waals surface area contributed by atoms with Crippen LogP contribution in [0.3, 0.4) is 0 Å². The molecule has 0 spiro atoms. The molecule has 2 amide bonds. The molecule has 15 heteroatoms. The summed E-state index contributed by atoms with van der Waals surface area (Å²) < 4.78 is 26.9. The maximum atomic E-state index is 14.6. The standard InChI is InChI=1S/C16H18FN3O4.C16H19N3O4/c1-24-16(23)15-14(17)12(8-5-9-18-13(22)10-21)20(19-15)11-6-3-2-4-7-11;1-23-16(22)14-10-13(8-5-9-17-15(21)11-20)19(18-14)12-6-3-2-4-7-12/h2-4,6-7,21H,5,8-10H2,1H3,(H,18,22);2-4,6-7,10,20H,5,8-9,11H2,1H3,(H,17,21). The topological polar surface area (TPSA) is 187 Å². The molecule has 4 aromatic rings. The number of nitrogens with one attached hydrogen (secondary N) is 2. The van der Waals surface area contributed by atoms with E-state index in [0.717, 1.165) is 18.5 Å². The number of nitrogens with zero attached hydrogens (tertiary/aromatic N) is 4. The minimum Gasteiger partial charge on any atom is -0.464 e. The van der Waals surface area contributed by atoms with Crippen LogP contribution in [0.25, 0.3) is 11.4 Å². The van der Waals surface area contributed by atoms with Gasteiger partial charge in [0.2, 0.25) is 17.5 Å². The Kier molecular flexibility index (Phi) is 14.2. The fourth-order valence-electron chi connectivity index (χ4n) is 4.35. The summed E-state index contributed by atoms with van der Waals surface area (Å²) in [5.74, 6) is -2.98. The lowest BCUT2D eigenvalue weighted by molar-refractivity contribution is -0.124. The molecule has 47 heavy (non-hydrogen) atoms. The number of hydrogen-bond donors (Lipinski definition) is 4. The van der Waals surface area contributed by atoms with Crippen molar-refractivity contribution in [3.63, 3.8) is 0 Å². The Morgan fingerprint density at radius 2 is 1.26 bits per heavy atom. The number of aliphatic hydroxyl groups is 2. The van der Waals surface area contributed by atoms with Crippen molar-refractivity contribution in [1.82, 2.24) is 30.2 Å². The number of amides is 2. The van der Waals surface area contributed by atoms with E-state index in [0.29, 0.717) is 31.5 Å². The van der Waals surface area contributed by atoms with Crippen molar-refractivity contribution in [2.75, 3.05) is 40.5 Å². The van der Waals surface area contributed by atoms with Gasteiger partial charge in [-0.3, -0.25) is 9.59 Å². The van der Waals surface area contributed by atoms with E-state index in [1.165, 1.54) is 11.8 Å². The van der Waals surface area contributed by atoms with Gasteiger partial charge in [0.05, 0.1) is 31.3 Å². The van der Waals surface area contributed by atoms with E-state index in [9.17, 15) is 23.6 Å². The van der Waals surface area contributed by atoms with Crippen molar-refractivity contribution in [3.8, 4) is 11.4 Å². The number of ether oxygens (including phenoxy) is 2. The Bertz CT molecular complexity index is 1630. The van der Waals surface area contributed by atoms with Crippen LogP contribution < -0.4 is 10.6 Å². The lowest BCUT2D eigenvalue weighted by Gasteiger charge is -2.07. The Hall–Kier alpha value is -5.41. The van der Waals surface area contributed by atoms with Crippen LogP contribution in [0.15, 0.2) is 66.7 Å². The molecule has 0 aliphatic carbocycles. The maximum Gasteiger partial charge on any atom is 0.361 e. The third-order valence-corrected chi connectivity index (χ3v) is 6.61. The molecule has 0 saturated heterocycles. The molecular weight excluding hydrogens is 615 g/mol. The molecule has 14 nitrogen and oxygen atoms in total. The largest absolute Gasteiger partial charge is 0.464 e. The van der Waals surface area contributed by atoms with E-state index < -0.39 is 42.8 Å². The minimum atomic E-state index is -0.850. The molecule has 0 atom stereocenters. The highest BCUT2D eigenvalue weighted by Crippen LogP contribution is 2.20. The van der Waals surface area contributed by atoms with Gasteiger partial charge in [-0.25, -0.2) is 23.3 Å². The number of benzene rings is 2. The number of aliphatic hydroxyl groups excluding tert-OH is 2. The van der Waals surface area contributed by atoms with Crippen LogP contribution in [0.2, 0.25) is 0 Å². The van der Waals surface area contributed by atoms with E-state index >= 15 is 0 Å². The smallest absolute Gasteiger partial charge is 0.361 e. The molecule has 2 aromatic heterocycles. The second-order valence-corrected chi connectivity index (χ2v) is 9.83. The fourth-order valence-corrected chi connectivity index (χ4v) is 4.35. The van der Waals surface area contributed by atoms with Crippen LogP contribution >= 0.6 is 0 Å². The first kappa shape index (κ1) is 36.1. The molecule has 0 radical (unpaired) electrons. The quantitative estimate of drug-likeness (QED) is 0.115. The lowest BCUT2D eigenvalue weighted by atomic mass is 10.2. The monoisotopic (exact) mass is 652 g/mol. The maximum absolute atomic E-state index is 14.6. The van der Waals surface area contributed by atoms with Gasteiger partial charge in [0, 0.05) is 18.8 Å². The normalized spacial score (nSPS) is 10.4. The number of hydrogen-bond acceptors (Lipinski definition) is 10. The number of halogens is 1. The predicted octanol–water partition coefficient (Wildman–Crippen LogP) is 1.54. The summed E-state index contributed by atoms with van der Waals surface area (Å²) in [5, 5.41) is 30.7. The van der Waals surface area contributed by atoms with E-state index in [1.54, 1.807) is 35.0 Å². The molecule has 0 bridgehead atoms. The van der Waals surface area contributed by atoms with Crippen molar-refractivity contribution in [2.24, 2.45) is 0 Å². The molecule has 0 fully saturated rings. The highest BCUT2D eigenvalue weighted by atomic mass is 19.1. The van der Waals surface area contributed by atoms with Gasteiger partial charge in [0.25, 0.3) is 0 Å². The number of aromatic nitrogens is 4. The van der Waals surface area contributed by atoms with Gasteiger partial charge in [-0.15, -0.1) is 0 Å². The van der Waals surface area contributed by atoms with E-state index in [1.807, 2.05) is 36.4 Å². The molecule has 0 saturated carbocycles. The number of esters is 2. The van der Waals surface area contributed by atoms with Crippen LogP contribution in [0, 0.1) is 5.82 Å². The summed E-state index contributed by atoms with van der Waals surface area (Å²) in [6, 6.07) is 20.0. The molecule has 4 N–H and O–H groups in total. The van der Waals surface area contributed by atoms with Crippen LogP contribution in [0.4, 0.5) is 4.39 Å². The van der Waals surface area contributed by atoms with Gasteiger partial charge in [-0.1, -0.05) is 36.4 Å². The summed E-state index contributed by atoms with van der Waals surface area (Å²) in [4.78, 5) is 45.4. The first-order chi connectivity index (χ1) is 22.7. The molecule has 2 heterocycles. The predicted molar refractivity (Wildman–Crippen MR) is 167 cm³/mol. The van der Waals surface area contributed by atoms with Crippen LogP contribution in [0.5, 0.6) is 0 Å². The Morgan fingerprint density at radius 1 is 0.745 bits per heavy atom. The molecule has 250 valence electrons. The Labute approximate surface area is 270 Å². The van der Waals surface area contributed by atoms with Crippen molar-refractivity contribution >= 4 is 23.8 Å². The van der Waals surface area contributed by atoms with Gasteiger partial charge < -0.3 is 30.3 Å². The average Bonchev–Trinajstić information content (AvgIpc) is 3.69. The summed E-state index contributed by atoms with van der Waals surface area (Å²) in [5.41, 5.74) is 2.38. The van der Waals surface area contributed by atoms with Crippen molar-refractivity contribution in [2.45, 2.75) is 25.7 Å². The fraction of sp³-hybridized carbons (Fsp3) is 0.312. The molecule has 4 rings (SSSR count). The van der Waals surface area contributed by atoms with E-state index in [2.05, 4.69) is 25.6 Å². The first-order valence-corrected chi connectivity index (χ1v) is 14.6. The van der Waals surface area contributed by atoms with Crippen LogP contribution in [-0.4, -0.2) is 94.0 Å². The number of rotatable bonds is 14. The summed E-state index contributed by atoms with van der Waals surface area (Å²) >= 11 is 0. The van der Waals surface area contributed by atoms with Crippen molar-refractivity contribution < 1.29 is 43.3 Å². The Morgan fingerprint density at radius 3 is 1.77 bits per heavy atom. The van der Waals surface area contributed by atoms with Crippen LogP contribution in [-0.2, 0) is 31.9 Å². The number of aryl methyl sites for hydroxylation is 1. The molecule has 0 aliphatic rings. The van der Waals surface area contributed by atoms with Crippen molar-refractivity contribution in [3.05, 3.63) is 95.3 Å². The Balaban J connectivity index is 0.000000256. The highest BCUT2D eigenvalue weighted by Gasteiger charge is 2.24. The van der Waals surface area contributed by atoms with Gasteiger partial charge in [0.15, 0.2) is 11.5 Å². The molecule has 2 aromatic carbocycles. The zero-order chi connectivity index (χ0) is 34.2. The summed E-state index contributed by atoms with van der Waals surface area (Å²) in [6.45, 7) is -0.406. The van der Waals surface area contributed by atoms with E-state index in [4.69, 9.17) is 14.9 Å². The second-order valence-electron chi connectivity index (χ2n) is 9.83.